The maximum Gasteiger partial charge on any atom is 0.326 e. The SMILES string of the molecule is COc1cccc(Cc2nc(-c3ccc4c(c3)[nH]c(=O)n4C3CCCC3)no2)c1. The van der Waals surface area contributed by atoms with Gasteiger partial charge in [0, 0.05) is 11.6 Å². The Kier molecular flexibility index (Phi) is 4.42. The van der Waals surface area contributed by atoms with Gasteiger partial charge in [-0.1, -0.05) is 30.1 Å². The van der Waals surface area contributed by atoms with Crippen LogP contribution in [0.3, 0.4) is 0 Å². The smallest absolute Gasteiger partial charge is 0.326 e. The lowest BCUT2D eigenvalue weighted by Crippen LogP contribution is -2.20. The molecule has 1 aliphatic carbocycles. The Hall–Kier alpha value is -3.35. The van der Waals surface area contributed by atoms with E-state index in [0.717, 1.165) is 40.8 Å². The fourth-order valence-corrected chi connectivity index (χ4v) is 4.20. The molecule has 4 aromatic rings. The van der Waals surface area contributed by atoms with Crippen LogP contribution in [0.4, 0.5) is 0 Å². The van der Waals surface area contributed by atoms with Crippen LogP contribution in [0.25, 0.3) is 22.4 Å². The predicted octanol–water partition coefficient (Wildman–Crippen LogP) is 4.09. The number of H-pyrrole nitrogens is 1. The van der Waals surface area contributed by atoms with Crippen molar-refractivity contribution < 1.29 is 9.26 Å². The number of rotatable bonds is 5. The van der Waals surface area contributed by atoms with Crippen molar-refractivity contribution in [1.82, 2.24) is 19.7 Å². The van der Waals surface area contributed by atoms with Crippen molar-refractivity contribution in [1.29, 1.82) is 0 Å². The molecule has 0 spiro atoms. The van der Waals surface area contributed by atoms with Gasteiger partial charge in [-0.25, -0.2) is 4.79 Å². The average molecular weight is 390 g/mol. The van der Waals surface area contributed by atoms with Crippen molar-refractivity contribution in [2.45, 2.75) is 38.1 Å². The van der Waals surface area contributed by atoms with Gasteiger partial charge in [0.1, 0.15) is 5.75 Å². The van der Waals surface area contributed by atoms with Gasteiger partial charge in [0.15, 0.2) is 0 Å². The monoisotopic (exact) mass is 390 g/mol. The molecule has 1 saturated carbocycles. The third kappa shape index (κ3) is 3.33. The topological polar surface area (TPSA) is 85.9 Å². The lowest BCUT2D eigenvalue weighted by Gasteiger charge is -2.11. The van der Waals surface area contributed by atoms with Crippen LogP contribution in [0.5, 0.6) is 5.75 Å². The van der Waals surface area contributed by atoms with Gasteiger partial charge in [-0.05, 0) is 48.7 Å². The van der Waals surface area contributed by atoms with Crippen LogP contribution in [-0.4, -0.2) is 26.8 Å². The molecule has 7 nitrogen and oxygen atoms in total. The minimum Gasteiger partial charge on any atom is -0.497 e. The summed E-state index contributed by atoms with van der Waals surface area (Å²) in [6.45, 7) is 0. The lowest BCUT2D eigenvalue weighted by molar-refractivity contribution is 0.385. The second kappa shape index (κ2) is 7.24. The van der Waals surface area contributed by atoms with Crippen LogP contribution in [0, 0.1) is 0 Å². The van der Waals surface area contributed by atoms with E-state index >= 15 is 0 Å². The van der Waals surface area contributed by atoms with Crippen molar-refractivity contribution in [3.8, 4) is 17.1 Å². The number of ether oxygens (including phenoxy) is 1. The summed E-state index contributed by atoms with van der Waals surface area (Å²) in [5.41, 5.74) is 3.55. The van der Waals surface area contributed by atoms with E-state index in [4.69, 9.17) is 9.26 Å². The summed E-state index contributed by atoms with van der Waals surface area (Å²) in [5.74, 6) is 1.84. The van der Waals surface area contributed by atoms with Gasteiger partial charge < -0.3 is 14.2 Å². The van der Waals surface area contributed by atoms with Crippen LogP contribution in [0.15, 0.2) is 51.8 Å². The molecule has 1 fully saturated rings. The molecule has 0 saturated heterocycles. The highest BCUT2D eigenvalue weighted by Gasteiger charge is 2.21. The van der Waals surface area contributed by atoms with Crippen molar-refractivity contribution in [3.05, 3.63) is 64.4 Å². The first-order valence-corrected chi connectivity index (χ1v) is 9.91. The number of imidazole rings is 1. The van der Waals surface area contributed by atoms with Crippen LogP contribution in [0.2, 0.25) is 0 Å². The van der Waals surface area contributed by atoms with E-state index in [2.05, 4.69) is 15.1 Å². The molecule has 29 heavy (non-hydrogen) atoms. The van der Waals surface area contributed by atoms with Crippen LogP contribution >= 0.6 is 0 Å². The van der Waals surface area contributed by atoms with E-state index in [1.165, 1.54) is 12.8 Å². The summed E-state index contributed by atoms with van der Waals surface area (Å²) in [4.78, 5) is 20.0. The van der Waals surface area contributed by atoms with Crippen molar-refractivity contribution in [2.75, 3.05) is 7.11 Å². The number of fused-ring (bicyclic) bond motifs is 1. The standard InChI is InChI=1S/C22H22N4O3/c1-28-17-8-4-5-14(11-17)12-20-24-21(25-29-20)15-9-10-19-18(13-15)23-22(27)26(19)16-6-2-3-7-16/h4-5,8-11,13,16H,2-3,6-7,12H2,1H3,(H,23,27). The first kappa shape index (κ1) is 17.7. The predicted molar refractivity (Wildman–Crippen MR) is 109 cm³/mol. The van der Waals surface area contributed by atoms with Crippen LogP contribution < -0.4 is 10.4 Å². The minimum atomic E-state index is -0.0455. The Morgan fingerprint density at radius 1 is 1.21 bits per heavy atom. The number of aromatic amines is 1. The minimum absolute atomic E-state index is 0.0455. The molecular weight excluding hydrogens is 368 g/mol. The molecule has 0 bridgehead atoms. The van der Waals surface area contributed by atoms with Crippen molar-refractivity contribution in [2.24, 2.45) is 0 Å². The number of nitrogens with zero attached hydrogens (tertiary/aromatic N) is 3. The van der Waals surface area contributed by atoms with E-state index in [1.54, 1.807) is 7.11 Å². The van der Waals surface area contributed by atoms with E-state index in [1.807, 2.05) is 47.0 Å². The van der Waals surface area contributed by atoms with E-state index in [-0.39, 0.29) is 5.69 Å². The molecule has 1 aliphatic rings. The molecule has 0 radical (unpaired) electrons. The van der Waals surface area contributed by atoms with Crippen molar-refractivity contribution >= 4 is 11.0 Å². The molecule has 2 aromatic carbocycles. The van der Waals surface area contributed by atoms with Gasteiger partial charge in [-0.3, -0.25) is 4.57 Å². The molecular formula is C22H22N4O3. The van der Waals surface area contributed by atoms with Crippen molar-refractivity contribution in [3.63, 3.8) is 0 Å². The van der Waals surface area contributed by atoms with Gasteiger partial charge in [-0.2, -0.15) is 4.98 Å². The number of aromatic nitrogens is 4. The number of methoxy groups -OCH3 is 1. The molecule has 1 N–H and O–H groups in total. The zero-order valence-electron chi connectivity index (χ0n) is 16.2. The third-order valence-electron chi connectivity index (χ3n) is 5.62. The van der Waals surface area contributed by atoms with Crippen LogP contribution in [-0.2, 0) is 6.42 Å². The molecule has 0 aliphatic heterocycles. The number of hydrogen-bond acceptors (Lipinski definition) is 5. The highest BCUT2D eigenvalue weighted by molar-refractivity contribution is 5.80. The van der Waals surface area contributed by atoms with Gasteiger partial charge in [0.2, 0.25) is 11.7 Å². The normalized spacial score (nSPS) is 14.7. The van der Waals surface area contributed by atoms with Gasteiger partial charge in [-0.15, -0.1) is 0 Å². The molecule has 148 valence electrons. The summed E-state index contributed by atoms with van der Waals surface area (Å²) < 4.78 is 12.6. The number of hydrogen-bond donors (Lipinski definition) is 1. The highest BCUT2D eigenvalue weighted by atomic mass is 16.5. The van der Waals surface area contributed by atoms with E-state index in [0.29, 0.717) is 24.2 Å². The third-order valence-corrected chi connectivity index (χ3v) is 5.62. The molecule has 0 unspecified atom stereocenters. The van der Waals surface area contributed by atoms with E-state index in [9.17, 15) is 4.79 Å². The molecule has 2 heterocycles. The zero-order chi connectivity index (χ0) is 19.8. The Morgan fingerprint density at radius 3 is 2.90 bits per heavy atom. The molecule has 5 rings (SSSR count). The second-order valence-corrected chi connectivity index (χ2v) is 7.51. The summed E-state index contributed by atoms with van der Waals surface area (Å²) in [6.07, 6.45) is 5.02. The first-order valence-electron chi connectivity index (χ1n) is 9.91. The fourth-order valence-electron chi connectivity index (χ4n) is 4.20. The maximum atomic E-state index is 12.5. The number of nitrogens with one attached hydrogen (secondary N) is 1. The molecule has 2 aromatic heterocycles. The second-order valence-electron chi connectivity index (χ2n) is 7.51. The zero-order valence-corrected chi connectivity index (χ0v) is 16.2. The fraction of sp³-hybridized carbons (Fsp3) is 0.318. The first-order chi connectivity index (χ1) is 14.2. The Morgan fingerprint density at radius 2 is 2.07 bits per heavy atom. The Bertz CT molecular complexity index is 1210. The summed E-state index contributed by atoms with van der Waals surface area (Å²) in [5, 5.41) is 4.12. The van der Waals surface area contributed by atoms with Gasteiger partial charge in [0.05, 0.1) is 24.6 Å². The van der Waals surface area contributed by atoms with Gasteiger partial charge >= 0.3 is 5.69 Å². The molecule has 7 heteroatoms. The molecule has 0 amide bonds. The quantitative estimate of drug-likeness (QED) is 0.555. The van der Waals surface area contributed by atoms with E-state index < -0.39 is 0 Å². The summed E-state index contributed by atoms with van der Waals surface area (Å²) in [6, 6.07) is 13.9. The Balaban J connectivity index is 1.43. The summed E-state index contributed by atoms with van der Waals surface area (Å²) >= 11 is 0. The van der Waals surface area contributed by atoms with Gasteiger partial charge in [0.25, 0.3) is 0 Å². The molecule has 0 atom stereocenters. The number of benzene rings is 2. The summed E-state index contributed by atoms with van der Waals surface area (Å²) in [7, 11) is 1.64. The Labute approximate surface area is 167 Å². The average Bonchev–Trinajstić information content (AvgIpc) is 3.47. The maximum absolute atomic E-state index is 12.5. The lowest BCUT2D eigenvalue weighted by atomic mass is 10.1. The largest absolute Gasteiger partial charge is 0.497 e. The van der Waals surface area contributed by atoms with Crippen LogP contribution in [0.1, 0.15) is 43.2 Å². The highest BCUT2D eigenvalue weighted by Crippen LogP contribution is 2.31.